The fraction of sp³-hybridized carbons (Fsp3) is 0.611. The summed E-state index contributed by atoms with van der Waals surface area (Å²) >= 11 is 0. The second-order valence-electron chi connectivity index (χ2n) is 6.70. The van der Waals surface area contributed by atoms with E-state index in [1.54, 1.807) is 0 Å². The zero-order valence-corrected chi connectivity index (χ0v) is 16.9. The monoisotopic (exact) mass is 430 g/mol. The van der Waals surface area contributed by atoms with Crippen LogP contribution in [0.1, 0.15) is 25.3 Å². The lowest BCUT2D eigenvalue weighted by molar-refractivity contribution is 0.266. The van der Waals surface area contributed by atoms with Crippen LogP contribution in [0.2, 0.25) is 0 Å². The molecule has 1 aromatic rings. The zero-order chi connectivity index (χ0) is 15.9. The Bertz CT molecular complexity index is 475. The Labute approximate surface area is 158 Å². The van der Waals surface area contributed by atoms with Gasteiger partial charge in [-0.1, -0.05) is 37.3 Å². The van der Waals surface area contributed by atoms with Crippen molar-refractivity contribution in [3.63, 3.8) is 0 Å². The number of hydrogen-bond acceptors (Lipinski definition) is 2. The molecule has 1 saturated heterocycles. The molecule has 1 heterocycles. The lowest BCUT2D eigenvalue weighted by Gasteiger charge is -2.32. The number of halogens is 1. The van der Waals surface area contributed by atoms with Gasteiger partial charge in [-0.2, -0.15) is 0 Å². The van der Waals surface area contributed by atoms with Gasteiger partial charge in [-0.3, -0.25) is 4.99 Å². The van der Waals surface area contributed by atoms with Crippen LogP contribution >= 0.6 is 24.0 Å². The molecule has 1 aliphatic rings. The average molecular weight is 430 g/mol. The van der Waals surface area contributed by atoms with Crippen molar-refractivity contribution in [1.29, 1.82) is 0 Å². The van der Waals surface area contributed by atoms with Gasteiger partial charge in [0.2, 0.25) is 0 Å². The minimum Gasteiger partial charge on any atom is -0.370 e. The minimum absolute atomic E-state index is 0. The first-order chi connectivity index (χ1) is 10.6. The van der Waals surface area contributed by atoms with E-state index >= 15 is 0 Å². The topological polar surface area (TPSA) is 44.9 Å². The maximum Gasteiger partial charge on any atom is 0.191 e. The summed E-state index contributed by atoms with van der Waals surface area (Å²) in [7, 11) is 4.23. The molecule has 0 aliphatic carbocycles. The Balaban J connectivity index is 0.00000264. The second kappa shape index (κ2) is 10.1. The number of likely N-dealkylation sites (N-methyl/N-ethyl adjacent to an activating group) is 1. The van der Waals surface area contributed by atoms with Gasteiger partial charge < -0.3 is 15.5 Å². The molecule has 130 valence electrons. The lowest BCUT2D eigenvalue weighted by Crippen LogP contribution is -2.44. The molecule has 0 amide bonds. The van der Waals surface area contributed by atoms with Crippen LogP contribution in [0, 0.1) is 5.92 Å². The Hall–Kier alpha value is -0.820. The van der Waals surface area contributed by atoms with Crippen LogP contribution < -0.4 is 5.73 Å². The molecule has 1 aliphatic heterocycles. The normalized spacial score (nSPS) is 20.3. The highest BCUT2D eigenvalue weighted by Gasteiger charge is 2.18. The quantitative estimate of drug-likeness (QED) is 0.444. The third-order valence-corrected chi connectivity index (χ3v) is 4.49. The molecule has 5 heteroatoms. The van der Waals surface area contributed by atoms with E-state index in [0.29, 0.717) is 12.0 Å². The van der Waals surface area contributed by atoms with E-state index < -0.39 is 0 Å². The van der Waals surface area contributed by atoms with E-state index in [9.17, 15) is 0 Å². The molecule has 2 rings (SSSR count). The van der Waals surface area contributed by atoms with Gasteiger partial charge in [-0.15, -0.1) is 24.0 Å². The van der Waals surface area contributed by atoms with Crippen molar-refractivity contribution >= 4 is 29.9 Å². The van der Waals surface area contributed by atoms with E-state index in [1.807, 2.05) is 0 Å². The molecule has 2 unspecified atom stereocenters. The number of nitrogens with two attached hydrogens (primary N) is 1. The Morgan fingerprint density at radius 2 is 2.04 bits per heavy atom. The molecular weight excluding hydrogens is 399 g/mol. The first kappa shape index (κ1) is 20.2. The highest BCUT2D eigenvalue weighted by Crippen LogP contribution is 2.15. The molecule has 2 atom stereocenters. The van der Waals surface area contributed by atoms with Crippen LogP contribution in [-0.4, -0.2) is 55.5 Å². The van der Waals surface area contributed by atoms with E-state index in [1.165, 1.54) is 18.4 Å². The second-order valence-corrected chi connectivity index (χ2v) is 6.70. The van der Waals surface area contributed by atoms with Gasteiger partial charge in [0.1, 0.15) is 0 Å². The van der Waals surface area contributed by atoms with Gasteiger partial charge in [-0.25, -0.2) is 0 Å². The van der Waals surface area contributed by atoms with Crippen molar-refractivity contribution in [3.05, 3.63) is 35.9 Å². The van der Waals surface area contributed by atoms with Crippen molar-refractivity contribution in [2.75, 3.05) is 33.7 Å². The smallest absolute Gasteiger partial charge is 0.191 e. The van der Waals surface area contributed by atoms with Crippen LogP contribution in [0.15, 0.2) is 35.3 Å². The maximum absolute atomic E-state index is 6.21. The number of likely N-dealkylation sites (tertiary alicyclic amines) is 1. The van der Waals surface area contributed by atoms with Gasteiger partial charge in [0.15, 0.2) is 5.96 Å². The van der Waals surface area contributed by atoms with Crippen LogP contribution in [0.4, 0.5) is 0 Å². The first-order valence-electron chi connectivity index (χ1n) is 8.31. The third kappa shape index (κ3) is 6.67. The fourth-order valence-electron chi connectivity index (χ4n) is 2.99. The van der Waals surface area contributed by atoms with Crippen molar-refractivity contribution < 1.29 is 0 Å². The SMILES string of the molecule is CC1CCCN(C(N)=NCC(Cc2ccccc2)N(C)C)C1.I. The number of guanidine groups is 1. The summed E-state index contributed by atoms with van der Waals surface area (Å²) in [6, 6.07) is 11.0. The summed E-state index contributed by atoms with van der Waals surface area (Å²) < 4.78 is 0. The summed E-state index contributed by atoms with van der Waals surface area (Å²) in [5, 5.41) is 0. The van der Waals surface area contributed by atoms with Crippen molar-refractivity contribution in [2.45, 2.75) is 32.2 Å². The zero-order valence-electron chi connectivity index (χ0n) is 14.6. The Morgan fingerprint density at radius 1 is 1.35 bits per heavy atom. The number of aliphatic imine (C=N–C) groups is 1. The highest BCUT2D eigenvalue weighted by molar-refractivity contribution is 14.0. The molecule has 23 heavy (non-hydrogen) atoms. The number of rotatable bonds is 5. The van der Waals surface area contributed by atoms with Gasteiger partial charge in [0.25, 0.3) is 0 Å². The molecule has 2 N–H and O–H groups in total. The van der Waals surface area contributed by atoms with Crippen LogP contribution in [0.3, 0.4) is 0 Å². The summed E-state index contributed by atoms with van der Waals surface area (Å²) in [6.45, 7) is 5.13. The van der Waals surface area contributed by atoms with E-state index in [0.717, 1.165) is 32.0 Å². The van der Waals surface area contributed by atoms with Gasteiger partial charge in [0.05, 0.1) is 6.54 Å². The summed E-state index contributed by atoms with van der Waals surface area (Å²) in [4.78, 5) is 9.16. The average Bonchev–Trinajstić information content (AvgIpc) is 2.51. The van der Waals surface area contributed by atoms with Gasteiger partial charge >= 0.3 is 0 Å². The summed E-state index contributed by atoms with van der Waals surface area (Å²) in [5.74, 6) is 1.43. The number of piperidine rings is 1. The van der Waals surface area contributed by atoms with E-state index in [2.05, 4.69) is 66.1 Å². The molecule has 0 spiro atoms. The van der Waals surface area contributed by atoms with Crippen molar-refractivity contribution in [2.24, 2.45) is 16.6 Å². The number of hydrogen-bond donors (Lipinski definition) is 1. The standard InChI is InChI=1S/C18H30N4.HI/c1-15-8-7-11-22(14-15)18(19)20-13-17(21(2)3)12-16-9-5-4-6-10-16;/h4-6,9-10,15,17H,7-8,11-14H2,1-3H3,(H2,19,20);1H. The largest absolute Gasteiger partial charge is 0.370 e. The van der Waals surface area contributed by atoms with Gasteiger partial charge in [-0.05, 0) is 44.8 Å². The van der Waals surface area contributed by atoms with Crippen LogP contribution in [0.25, 0.3) is 0 Å². The third-order valence-electron chi connectivity index (χ3n) is 4.49. The van der Waals surface area contributed by atoms with Crippen LogP contribution in [-0.2, 0) is 6.42 Å². The molecule has 0 radical (unpaired) electrons. The predicted molar refractivity (Wildman–Crippen MR) is 109 cm³/mol. The maximum atomic E-state index is 6.21. The fourth-order valence-corrected chi connectivity index (χ4v) is 2.99. The lowest BCUT2D eigenvalue weighted by atomic mass is 10.0. The van der Waals surface area contributed by atoms with Crippen LogP contribution in [0.5, 0.6) is 0 Å². The predicted octanol–water partition coefficient (Wildman–Crippen LogP) is 2.82. The highest BCUT2D eigenvalue weighted by atomic mass is 127. The molecule has 1 aromatic carbocycles. The molecule has 1 fully saturated rings. The molecule has 0 bridgehead atoms. The van der Waals surface area contributed by atoms with Crippen molar-refractivity contribution in [3.8, 4) is 0 Å². The molecular formula is C18H31IN4. The molecule has 4 nitrogen and oxygen atoms in total. The first-order valence-corrected chi connectivity index (χ1v) is 8.31. The van der Waals surface area contributed by atoms with E-state index in [4.69, 9.17) is 5.73 Å². The number of nitrogens with zero attached hydrogens (tertiary/aromatic N) is 3. The Kier molecular flexibility index (Phi) is 8.91. The minimum atomic E-state index is 0. The van der Waals surface area contributed by atoms with Crippen molar-refractivity contribution in [1.82, 2.24) is 9.80 Å². The molecule has 0 saturated carbocycles. The molecule has 0 aromatic heterocycles. The summed E-state index contributed by atoms with van der Waals surface area (Å²) in [6.07, 6.45) is 3.53. The van der Waals surface area contributed by atoms with E-state index in [-0.39, 0.29) is 24.0 Å². The Morgan fingerprint density at radius 3 is 2.65 bits per heavy atom. The summed E-state index contributed by atoms with van der Waals surface area (Å²) in [5.41, 5.74) is 7.56. The van der Waals surface area contributed by atoms with Gasteiger partial charge in [0, 0.05) is 19.1 Å². The number of benzene rings is 1.